The summed E-state index contributed by atoms with van der Waals surface area (Å²) in [4.78, 5) is 25.9. The summed E-state index contributed by atoms with van der Waals surface area (Å²) in [6.07, 6.45) is 1.58. The first-order valence-corrected chi connectivity index (χ1v) is 6.27. The summed E-state index contributed by atoms with van der Waals surface area (Å²) in [5.41, 5.74) is 0.831. The average Bonchev–Trinajstić information content (AvgIpc) is 2.40. The molecule has 4 nitrogen and oxygen atoms in total. The minimum absolute atomic E-state index is 0.0424. The van der Waals surface area contributed by atoms with Crippen LogP contribution in [0.1, 0.15) is 31.4 Å². The van der Waals surface area contributed by atoms with Crippen molar-refractivity contribution in [2.24, 2.45) is 0 Å². The molecular formula is C14H18N2O2. The zero-order chi connectivity index (χ0) is 13.1. The van der Waals surface area contributed by atoms with Crippen molar-refractivity contribution in [3.05, 3.63) is 35.9 Å². The lowest BCUT2D eigenvalue weighted by Gasteiger charge is -2.36. The van der Waals surface area contributed by atoms with Crippen LogP contribution >= 0.6 is 0 Å². The summed E-state index contributed by atoms with van der Waals surface area (Å²) in [5, 5.41) is 2.82. The molecule has 0 saturated carbocycles. The van der Waals surface area contributed by atoms with Gasteiger partial charge in [-0.25, -0.2) is 0 Å². The van der Waals surface area contributed by atoms with E-state index in [0.717, 1.165) is 12.0 Å². The SMILES string of the molecule is CCCC1C(=O)NC(c2ccccc2)C(=O)N1C. The van der Waals surface area contributed by atoms with Crippen LogP contribution in [0.4, 0.5) is 0 Å². The molecule has 18 heavy (non-hydrogen) atoms. The molecule has 4 heteroatoms. The van der Waals surface area contributed by atoms with Gasteiger partial charge in [0.05, 0.1) is 0 Å². The van der Waals surface area contributed by atoms with Gasteiger partial charge in [0, 0.05) is 7.05 Å². The van der Waals surface area contributed by atoms with Gasteiger partial charge in [-0.05, 0) is 12.0 Å². The zero-order valence-corrected chi connectivity index (χ0v) is 10.7. The molecule has 1 fully saturated rings. The highest BCUT2D eigenvalue weighted by atomic mass is 16.2. The van der Waals surface area contributed by atoms with E-state index in [0.29, 0.717) is 6.42 Å². The molecule has 2 rings (SSSR count). The highest BCUT2D eigenvalue weighted by Gasteiger charge is 2.38. The van der Waals surface area contributed by atoms with Gasteiger partial charge in [0.1, 0.15) is 12.1 Å². The molecule has 0 bridgehead atoms. The fourth-order valence-corrected chi connectivity index (χ4v) is 2.30. The number of likely N-dealkylation sites (N-methyl/N-ethyl adjacent to an activating group) is 1. The molecule has 1 heterocycles. The Kier molecular flexibility index (Phi) is 3.65. The Labute approximate surface area is 107 Å². The first-order valence-electron chi connectivity index (χ1n) is 6.27. The fraction of sp³-hybridized carbons (Fsp3) is 0.429. The minimum atomic E-state index is -0.545. The Morgan fingerprint density at radius 2 is 1.89 bits per heavy atom. The molecule has 1 aliphatic heterocycles. The van der Waals surface area contributed by atoms with Crippen LogP contribution < -0.4 is 5.32 Å². The molecule has 1 saturated heterocycles. The fourth-order valence-electron chi connectivity index (χ4n) is 2.30. The summed E-state index contributed by atoms with van der Waals surface area (Å²) in [7, 11) is 1.71. The standard InChI is InChI=1S/C14H18N2O2/c1-3-7-11-13(17)15-12(14(18)16(11)2)10-8-5-4-6-9-10/h4-6,8-9,11-12H,3,7H2,1-2H3,(H,15,17). The van der Waals surface area contributed by atoms with E-state index in [1.807, 2.05) is 37.3 Å². The van der Waals surface area contributed by atoms with Gasteiger partial charge in [0.15, 0.2) is 0 Å². The molecule has 0 spiro atoms. The van der Waals surface area contributed by atoms with Gasteiger partial charge in [0.25, 0.3) is 0 Å². The van der Waals surface area contributed by atoms with Crippen LogP contribution in [-0.4, -0.2) is 29.8 Å². The number of amides is 2. The molecular weight excluding hydrogens is 228 g/mol. The van der Waals surface area contributed by atoms with Crippen LogP contribution in [-0.2, 0) is 9.59 Å². The number of rotatable bonds is 3. The second kappa shape index (κ2) is 5.21. The smallest absolute Gasteiger partial charge is 0.250 e. The Morgan fingerprint density at radius 3 is 2.50 bits per heavy atom. The number of carbonyl (C=O) groups is 2. The molecule has 96 valence electrons. The minimum Gasteiger partial charge on any atom is -0.339 e. The van der Waals surface area contributed by atoms with E-state index in [1.165, 1.54) is 0 Å². The molecule has 0 radical (unpaired) electrons. The van der Waals surface area contributed by atoms with Crippen LogP contribution in [0.3, 0.4) is 0 Å². The Hall–Kier alpha value is -1.84. The van der Waals surface area contributed by atoms with E-state index in [4.69, 9.17) is 0 Å². The van der Waals surface area contributed by atoms with Gasteiger partial charge >= 0.3 is 0 Å². The normalized spacial score (nSPS) is 24.0. The van der Waals surface area contributed by atoms with Crippen molar-refractivity contribution in [3.8, 4) is 0 Å². The number of piperazine rings is 1. The lowest BCUT2D eigenvalue weighted by molar-refractivity contribution is -0.148. The van der Waals surface area contributed by atoms with E-state index >= 15 is 0 Å². The predicted molar refractivity (Wildman–Crippen MR) is 68.8 cm³/mol. The van der Waals surface area contributed by atoms with Crippen molar-refractivity contribution < 1.29 is 9.59 Å². The third kappa shape index (κ3) is 2.23. The number of nitrogens with one attached hydrogen (secondary N) is 1. The quantitative estimate of drug-likeness (QED) is 0.878. The first kappa shape index (κ1) is 12.6. The van der Waals surface area contributed by atoms with Gasteiger partial charge in [-0.2, -0.15) is 0 Å². The largest absolute Gasteiger partial charge is 0.339 e. The van der Waals surface area contributed by atoms with E-state index in [2.05, 4.69) is 5.32 Å². The predicted octanol–water partition coefficient (Wildman–Crippen LogP) is 1.48. The van der Waals surface area contributed by atoms with Crippen molar-refractivity contribution in [1.29, 1.82) is 0 Å². The van der Waals surface area contributed by atoms with Crippen molar-refractivity contribution in [1.82, 2.24) is 10.2 Å². The summed E-state index contributed by atoms with van der Waals surface area (Å²) < 4.78 is 0. The molecule has 0 aromatic heterocycles. The van der Waals surface area contributed by atoms with Crippen LogP contribution in [0, 0.1) is 0 Å². The summed E-state index contributed by atoms with van der Waals surface area (Å²) in [5.74, 6) is -0.105. The number of carbonyl (C=O) groups excluding carboxylic acids is 2. The maximum absolute atomic E-state index is 12.3. The number of benzene rings is 1. The lowest BCUT2D eigenvalue weighted by Crippen LogP contribution is -2.58. The number of hydrogen-bond acceptors (Lipinski definition) is 2. The second-order valence-electron chi connectivity index (χ2n) is 4.61. The van der Waals surface area contributed by atoms with Crippen molar-refractivity contribution >= 4 is 11.8 Å². The van der Waals surface area contributed by atoms with E-state index in [-0.39, 0.29) is 17.9 Å². The van der Waals surface area contributed by atoms with Gasteiger partial charge in [-0.1, -0.05) is 43.7 Å². The lowest BCUT2D eigenvalue weighted by atomic mass is 9.99. The van der Waals surface area contributed by atoms with Crippen LogP contribution in [0.25, 0.3) is 0 Å². The molecule has 2 amide bonds. The zero-order valence-electron chi connectivity index (χ0n) is 10.7. The first-order chi connectivity index (χ1) is 8.65. The molecule has 2 atom stereocenters. The number of nitrogens with zero attached hydrogens (tertiary/aromatic N) is 1. The van der Waals surface area contributed by atoms with E-state index < -0.39 is 6.04 Å². The van der Waals surface area contributed by atoms with Crippen molar-refractivity contribution in [2.45, 2.75) is 31.8 Å². The van der Waals surface area contributed by atoms with E-state index in [9.17, 15) is 9.59 Å². The van der Waals surface area contributed by atoms with Crippen LogP contribution in [0.15, 0.2) is 30.3 Å². The average molecular weight is 246 g/mol. The maximum atomic E-state index is 12.3. The van der Waals surface area contributed by atoms with E-state index in [1.54, 1.807) is 11.9 Å². The molecule has 1 aromatic rings. The van der Waals surface area contributed by atoms with Gasteiger partial charge in [-0.15, -0.1) is 0 Å². The topological polar surface area (TPSA) is 49.4 Å². The molecule has 2 unspecified atom stereocenters. The van der Waals surface area contributed by atoms with Gasteiger partial charge in [0.2, 0.25) is 11.8 Å². The monoisotopic (exact) mass is 246 g/mol. The Morgan fingerprint density at radius 1 is 1.22 bits per heavy atom. The van der Waals surface area contributed by atoms with Gasteiger partial charge < -0.3 is 10.2 Å². The van der Waals surface area contributed by atoms with Crippen LogP contribution in [0.2, 0.25) is 0 Å². The van der Waals surface area contributed by atoms with Crippen molar-refractivity contribution in [3.63, 3.8) is 0 Å². The summed E-state index contributed by atoms with van der Waals surface area (Å²) >= 11 is 0. The Balaban J connectivity index is 2.22. The van der Waals surface area contributed by atoms with Crippen molar-refractivity contribution in [2.75, 3.05) is 7.05 Å². The van der Waals surface area contributed by atoms with Crippen LogP contribution in [0.5, 0.6) is 0 Å². The summed E-state index contributed by atoms with van der Waals surface area (Å²) in [6.45, 7) is 2.01. The third-order valence-electron chi connectivity index (χ3n) is 3.35. The summed E-state index contributed by atoms with van der Waals surface area (Å²) in [6, 6.07) is 8.47. The Bertz CT molecular complexity index is 444. The highest BCUT2D eigenvalue weighted by molar-refractivity contribution is 5.97. The second-order valence-corrected chi connectivity index (χ2v) is 4.61. The molecule has 1 aliphatic rings. The third-order valence-corrected chi connectivity index (χ3v) is 3.35. The highest BCUT2D eigenvalue weighted by Crippen LogP contribution is 2.22. The number of hydrogen-bond donors (Lipinski definition) is 1. The molecule has 0 aliphatic carbocycles. The molecule has 1 N–H and O–H groups in total. The maximum Gasteiger partial charge on any atom is 0.250 e. The molecule has 1 aromatic carbocycles. The van der Waals surface area contributed by atoms with Gasteiger partial charge in [-0.3, -0.25) is 9.59 Å².